The van der Waals surface area contributed by atoms with Crippen LogP contribution in [0, 0.1) is 5.92 Å². The molecule has 0 aromatic heterocycles. The van der Waals surface area contributed by atoms with Crippen LogP contribution in [0.1, 0.15) is 92.9 Å². The monoisotopic (exact) mass is 425 g/mol. The number of hydrogen-bond donors (Lipinski definition) is 2. The molecule has 0 aliphatic heterocycles. The summed E-state index contributed by atoms with van der Waals surface area (Å²) in [6.45, 7) is 21.1. The van der Waals surface area contributed by atoms with Crippen LogP contribution >= 0.6 is 0 Å². The van der Waals surface area contributed by atoms with Crippen LogP contribution in [0.3, 0.4) is 0 Å². The lowest BCUT2D eigenvalue weighted by Gasteiger charge is -2.14. The third-order valence-electron chi connectivity index (χ3n) is 5.15. The van der Waals surface area contributed by atoms with Crippen molar-refractivity contribution in [2.45, 2.75) is 92.9 Å². The molecule has 31 heavy (non-hydrogen) atoms. The molecule has 0 bridgehead atoms. The lowest BCUT2D eigenvalue weighted by Crippen LogP contribution is -2.30. The summed E-state index contributed by atoms with van der Waals surface area (Å²) in [7, 11) is 0. The molecule has 0 fully saturated rings. The van der Waals surface area contributed by atoms with Crippen molar-refractivity contribution in [1.82, 2.24) is 5.32 Å². The number of rotatable bonds is 15. The van der Waals surface area contributed by atoms with Crippen LogP contribution in [0.2, 0.25) is 0 Å². The smallest absolute Gasteiger partial charge is 0.198 e. The van der Waals surface area contributed by atoms with E-state index in [1.807, 2.05) is 12.2 Å². The highest BCUT2D eigenvalue weighted by atomic mass is 15.1. The van der Waals surface area contributed by atoms with Crippen molar-refractivity contribution in [3.05, 3.63) is 71.7 Å². The second-order valence-corrected chi connectivity index (χ2v) is 8.66. The van der Waals surface area contributed by atoms with E-state index in [1.165, 1.54) is 43.3 Å². The van der Waals surface area contributed by atoms with E-state index < -0.39 is 0 Å². The average molecular weight is 426 g/mol. The van der Waals surface area contributed by atoms with Crippen molar-refractivity contribution >= 4 is 5.96 Å². The van der Waals surface area contributed by atoms with Gasteiger partial charge in [0.2, 0.25) is 0 Å². The standard InChI is InChI=1S/C28H47N3/c1-9-12-13-14-15-16-17-19-26(18-10-2)31-28(29)30-25(8)27(20-22(4)5)24(7)21-23(6)11-3/h10,17-20,23H,2,8-9,11-16,21H2,1,3-7H3,(H3,29,30,31)/b19-17-,26-18+,27-24+. The van der Waals surface area contributed by atoms with E-state index in [2.05, 4.69) is 77.2 Å². The molecule has 0 aliphatic carbocycles. The van der Waals surface area contributed by atoms with Crippen LogP contribution in [-0.4, -0.2) is 5.96 Å². The minimum absolute atomic E-state index is 0.335. The SMILES string of the molecule is C=C/C=C(\C=C/CCCCCCC)NC(N)=NC(=C)/C(C=C(C)C)=C(\C)CC(C)CC. The number of unbranched alkanes of at least 4 members (excludes halogenated alkanes) is 5. The summed E-state index contributed by atoms with van der Waals surface area (Å²) in [4.78, 5) is 4.56. The number of nitrogens with two attached hydrogens (primary N) is 1. The van der Waals surface area contributed by atoms with Gasteiger partial charge in [0.05, 0.1) is 5.70 Å². The molecule has 0 saturated heterocycles. The van der Waals surface area contributed by atoms with Crippen LogP contribution in [0.5, 0.6) is 0 Å². The van der Waals surface area contributed by atoms with Gasteiger partial charge in [-0.25, -0.2) is 4.99 Å². The van der Waals surface area contributed by atoms with Gasteiger partial charge in [0.15, 0.2) is 5.96 Å². The Kier molecular flexibility index (Phi) is 16.1. The Morgan fingerprint density at radius 2 is 1.77 bits per heavy atom. The Bertz CT molecular complexity index is 698. The lowest BCUT2D eigenvalue weighted by atomic mass is 9.94. The van der Waals surface area contributed by atoms with Gasteiger partial charge in [-0.15, -0.1) is 0 Å². The number of hydrogen-bond acceptors (Lipinski definition) is 1. The van der Waals surface area contributed by atoms with E-state index in [-0.39, 0.29) is 0 Å². The molecule has 0 aromatic carbocycles. The molecule has 0 spiro atoms. The van der Waals surface area contributed by atoms with E-state index >= 15 is 0 Å². The van der Waals surface area contributed by atoms with Crippen LogP contribution < -0.4 is 11.1 Å². The summed E-state index contributed by atoms with van der Waals surface area (Å²) >= 11 is 0. The average Bonchev–Trinajstić information content (AvgIpc) is 2.70. The predicted molar refractivity (Wildman–Crippen MR) is 141 cm³/mol. The van der Waals surface area contributed by atoms with Crippen LogP contribution in [0.15, 0.2) is 76.6 Å². The van der Waals surface area contributed by atoms with E-state index in [0.29, 0.717) is 17.6 Å². The molecule has 0 amide bonds. The van der Waals surface area contributed by atoms with Crippen molar-refractivity contribution < 1.29 is 0 Å². The molecule has 1 atom stereocenters. The van der Waals surface area contributed by atoms with Gasteiger partial charge in [0, 0.05) is 5.70 Å². The zero-order valence-electron chi connectivity index (χ0n) is 21.1. The van der Waals surface area contributed by atoms with E-state index in [0.717, 1.165) is 30.5 Å². The van der Waals surface area contributed by atoms with E-state index in [1.54, 1.807) is 6.08 Å². The lowest BCUT2D eigenvalue weighted by molar-refractivity contribution is 0.556. The Balaban J connectivity index is 5.24. The fraction of sp³-hybridized carbons (Fsp3) is 0.536. The fourth-order valence-corrected chi connectivity index (χ4v) is 3.24. The van der Waals surface area contributed by atoms with Crippen molar-refractivity contribution in [2.75, 3.05) is 0 Å². The predicted octanol–water partition coefficient (Wildman–Crippen LogP) is 8.11. The molecular formula is C28H47N3. The van der Waals surface area contributed by atoms with Gasteiger partial charge in [-0.05, 0) is 63.7 Å². The van der Waals surface area contributed by atoms with Crippen LogP contribution in [0.4, 0.5) is 0 Å². The summed E-state index contributed by atoms with van der Waals surface area (Å²) in [5, 5.41) is 3.19. The van der Waals surface area contributed by atoms with Crippen LogP contribution in [-0.2, 0) is 0 Å². The molecular weight excluding hydrogens is 378 g/mol. The second kappa shape index (κ2) is 17.4. The Labute approximate surface area is 192 Å². The van der Waals surface area contributed by atoms with Crippen molar-refractivity contribution in [2.24, 2.45) is 16.6 Å². The molecule has 174 valence electrons. The highest BCUT2D eigenvalue weighted by Crippen LogP contribution is 2.24. The number of guanidine groups is 1. The van der Waals surface area contributed by atoms with Gasteiger partial charge in [0.1, 0.15) is 0 Å². The Morgan fingerprint density at radius 3 is 2.35 bits per heavy atom. The van der Waals surface area contributed by atoms with E-state index in [9.17, 15) is 0 Å². The maximum atomic E-state index is 6.21. The van der Waals surface area contributed by atoms with E-state index in [4.69, 9.17) is 5.73 Å². The third kappa shape index (κ3) is 14.4. The molecule has 0 aromatic rings. The maximum absolute atomic E-state index is 6.21. The minimum Gasteiger partial charge on any atom is -0.369 e. The number of nitrogens with one attached hydrogen (secondary N) is 1. The molecule has 0 aliphatic rings. The van der Waals surface area contributed by atoms with Crippen molar-refractivity contribution in [3.63, 3.8) is 0 Å². The largest absolute Gasteiger partial charge is 0.369 e. The van der Waals surface area contributed by atoms with Gasteiger partial charge >= 0.3 is 0 Å². The van der Waals surface area contributed by atoms with Gasteiger partial charge < -0.3 is 11.1 Å². The minimum atomic E-state index is 0.335. The van der Waals surface area contributed by atoms with Crippen molar-refractivity contribution in [1.29, 1.82) is 0 Å². The first-order valence-electron chi connectivity index (χ1n) is 11.9. The summed E-state index contributed by atoms with van der Waals surface area (Å²) in [5.41, 5.74) is 11.4. The fourth-order valence-electron chi connectivity index (χ4n) is 3.24. The molecule has 0 saturated carbocycles. The van der Waals surface area contributed by atoms with Crippen LogP contribution in [0.25, 0.3) is 0 Å². The Hall–Kier alpha value is -2.29. The summed E-state index contributed by atoms with van der Waals surface area (Å²) in [5.74, 6) is 0.962. The van der Waals surface area contributed by atoms with Gasteiger partial charge in [-0.2, -0.15) is 0 Å². The molecule has 0 radical (unpaired) electrons. The summed E-state index contributed by atoms with van der Waals surface area (Å²) < 4.78 is 0. The molecule has 1 unspecified atom stereocenters. The topological polar surface area (TPSA) is 50.4 Å². The molecule has 0 heterocycles. The third-order valence-corrected chi connectivity index (χ3v) is 5.15. The van der Waals surface area contributed by atoms with Gasteiger partial charge in [-0.1, -0.05) is 95.4 Å². The summed E-state index contributed by atoms with van der Waals surface area (Å²) in [6.07, 6.45) is 19.7. The van der Waals surface area contributed by atoms with Gasteiger partial charge in [-0.3, -0.25) is 0 Å². The number of nitrogens with zero attached hydrogens (tertiary/aromatic N) is 1. The first-order valence-corrected chi connectivity index (χ1v) is 11.9. The van der Waals surface area contributed by atoms with Crippen molar-refractivity contribution in [3.8, 4) is 0 Å². The molecule has 3 N–H and O–H groups in total. The highest BCUT2D eigenvalue weighted by molar-refractivity contribution is 5.81. The Morgan fingerprint density at radius 1 is 1.10 bits per heavy atom. The first-order chi connectivity index (χ1) is 14.7. The zero-order chi connectivity index (χ0) is 23.6. The maximum Gasteiger partial charge on any atom is 0.198 e. The molecule has 3 heteroatoms. The zero-order valence-corrected chi connectivity index (χ0v) is 21.1. The molecule has 0 rings (SSSR count). The molecule has 3 nitrogen and oxygen atoms in total. The quantitative estimate of drug-likeness (QED) is 0.120. The first kappa shape index (κ1) is 28.7. The second-order valence-electron chi connectivity index (χ2n) is 8.66. The number of aliphatic imine (C=N–C) groups is 1. The highest BCUT2D eigenvalue weighted by Gasteiger charge is 2.09. The number of allylic oxidation sites excluding steroid dienone is 7. The van der Waals surface area contributed by atoms with Gasteiger partial charge in [0.25, 0.3) is 0 Å². The summed E-state index contributed by atoms with van der Waals surface area (Å²) in [6, 6.07) is 0. The normalized spacial score (nSPS) is 14.3.